The molecule has 174 valence electrons. The number of carbonyl (C=O) groups is 1. The van der Waals surface area contributed by atoms with Gasteiger partial charge in [0.1, 0.15) is 11.4 Å². The number of aromatic nitrogens is 4. The maximum Gasteiger partial charge on any atom is 0.411 e. The molecule has 0 bridgehead atoms. The van der Waals surface area contributed by atoms with Crippen molar-refractivity contribution in [2.75, 3.05) is 44.2 Å². The van der Waals surface area contributed by atoms with E-state index in [2.05, 4.69) is 20.4 Å². The fourth-order valence-corrected chi connectivity index (χ4v) is 3.99. The van der Waals surface area contributed by atoms with Gasteiger partial charge in [-0.05, 0) is 30.7 Å². The lowest BCUT2D eigenvalue weighted by Crippen LogP contribution is -2.44. The number of piperazine rings is 1. The summed E-state index contributed by atoms with van der Waals surface area (Å²) in [6, 6.07) is 8.79. The number of aryl methyl sites for hydroxylation is 1. The van der Waals surface area contributed by atoms with Gasteiger partial charge in [0.05, 0.1) is 12.4 Å². The fourth-order valence-electron chi connectivity index (χ4n) is 3.99. The van der Waals surface area contributed by atoms with Crippen LogP contribution in [0.15, 0.2) is 53.7 Å². The van der Waals surface area contributed by atoms with Crippen molar-refractivity contribution < 1.29 is 9.90 Å². The monoisotopic (exact) mass is 451 g/mol. The van der Waals surface area contributed by atoms with E-state index in [4.69, 9.17) is 0 Å². The summed E-state index contributed by atoms with van der Waals surface area (Å²) in [6.07, 6.45) is 5.18. The lowest BCUT2D eigenvalue weighted by atomic mass is 10.1. The van der Waals surface area contributed by atoms with E-state index >= 15 is 0 Å². The summed E-state index contributed by atoms with van der Waals surface area (Å²) in [6.45, 7) is 5.21. The van der Waals surface area contributed by atoms with Crippen molar-refractivity contribution in [2.24, 2.45) is 7.05 Å². The number of hydrogen-bond donors (Lipinski definition) is 2. The van der Waals surface area contributed by atoms with Crippen LogP contribution in [0.3, 0.4) is 0 Å². The zero-order chi connectivity index (χ0) is 23.2. The smallest absolute Gasteiger partial charge is 0.411 e. The van der Waals surface area contributed by atoms with Crippen LogP contribution in [0.4, 0.5) is 10.5 Å². The Morgan fingerprint density at radius 1 is 1.24 bits per heavy atom. The number of anilines is 1. The average Bonchev–Trinajstić information content (AvgIpc) is 3.25. The van der Waals surface area contributed by atoms with Gasteiger partial charge in [-0.1, -0.05) is 12.1 Å². The summed E-state index contributed by atoms with van der Waals surface area (Å²) >= 11 is 0. The van der Waals surface area contributed by atoms with Gasteiger partial charge in [0.25, 0.3) is 0 Å². The Kier molecular flexibility index (Phi) is 7.16. The molecule has 10 nitrogen and oxygen atoms in total. The molecule has 3 heterocycles. The zero-order valence-electron chi connectivity index (χ0n) is 18.7. The first-order valence-electron chi connectivity index (χ1n) is 11.1. The number of benzene rings is 1. The fraction of sp³-hybridized carbons (Fsp3) is 0.391. The third kappa shape index (κ3) is 5.85. The molecule has 0 atom stereocenters. The van der Waals surface area contributed by atoms with Gasteiger partial charge in [0, 0.05) is 64.1 Å². The highest BCUT2D eigenvalue weighted by molar-refractivity contribution is 5.86. The second kappa shape index (κ2) is 10.4. The summed E-state index contributed by atoms with van der Waals surface area (Å²) in [7, 11) is 1.82. The first-order valence-corrected chi connectivity index (χ1v) is 11.1. The van der Waals surface area contributed by atoms with Crippen LogP contribution < -0.4 is 15.6 Å². The number of nitrogens with zero attached hydrogens (tertiary/aromatic N) is 6. The van der Waals surface area contributed by atoms with E-state index in [0.717, 1.165) is 50.4 Å². The molecule has 1 aliphatic heterocycles. The van der Waals surface area contributed by atoms with Crippen molar-refractivity contribution in [1.29, 1.82) is 0 Å². The SMILES string of the molecule is Cn1cc(-n2ccc(=O)c(Cc3cccc(N(CCCN4CCNCC4)C(=O)O)c3)n2)cn1. The Labute approximate surface area is 192 Å². The van der Waals surface area contributed by atoms with Crippen LogP contribution in [0.5, 0.6) is 0 Å². The van der Waals surface area contributed by atoms with Crippen molar-refractivity contribution in [3.8, 4) is 5.69 Å². The van der Waals surface area contributed by atoms with Gasteiger partial charge < -0.3 is 15.3 Å². The average molecular weight is 452 g/mol. The van der Waals surface area contributed by atoms with E-state index in [1.807, 2.05) is 31.4 Å². The normalized spacial score (nSPS) is 14.3. The Bertz CT molecular complexity index is 1150. The number of carboxylic acid groups (broad SMARTS) is 1. The van der Waals surface area contributed by atoms with Crippen molar-refractivity contribution in [3.63, 3.8) is 0 Å². The van der Waals surface area contributed by atoms with Crippen molar-refractivity contribution in [1.82, 2.24) is 29.8 Å². The Balaban J connectivity index is 1.47. The topological polar surface area (TPSA) is 109 Å². The Morgan fingerprint density at radius 3 is 2.79 bits per heavy atom. The molecule has 10 heteroatoms. The molecular weight excluding hydrogens is 422 g/mol. The minimum absolute atomic E-state index is 0.161. The first-order chi connectivity index (χ1) is 16.0. The quantitative estimate of drug-likeness (QED) is 0.532. The van der Waals surface area contributed by atoms with Crippen LogP contribution >= 0.6 is 0 Å². The van der Waals surface area contributed by atoms with E-state index in [-0.39, 0.29) is 5.43 Å². The number of amides is 1. The maximum absolute atomic E-state index is 12.4. The molecule has 1 saturated heterocycles. The van der Waals surface area contributed by atoms with E-state index in [1.165, 1.54) is 11.0 Å². The molecule has 0 spiro atoms. The first kappa shape index (κ1) is 22.7. The molecule has 33 heavy (non-hydrogen) atoms. The van der Waals surface area contributed by atoms with Crippen molar-refractivity contribution in [2.45, 2.75) is 12.8 Å². The highest BCUT2D eigenvalue weighted by Gasteiger charge is 2.17. The van der Waals surface area contributed by atoms with Gasteiger partial charge in [0.15, 0.2) is 0 Å². The second-order valence-electron chi connectivity index (χ2n) is 8.17. The van der Waals surface area contributed by atoms with E-state index in [0.29, 0.717) is 24.3 Å². The van der Waals surface area contributed by atoms with Gasteiger partial charge in [0.2, 0.25) is 5.43 Å². The van der Waals surface area contributed by atoms with Crippen LogP contribution in [0, 0.1) is 0 Å². The standard InChI is InChI=1S/C23H29N7O3/c1-27-17-20(16-25-27)30-11-6-22(31)21(26-30)15-18-4-2-5-19(14-18)29(23(32)33)10-3-9-28-12-7-24-8-13-28/h2,4-6,11,14,16-17,24H,3,7-10,12-13,15H2,1H3,(H,32,33). The maximum atomic E-state index is 12.4. The molecule has 2 N–H and O–H groups in total. The highest BCUT2D eigenvalue weighted by atomic mass is 16.4. The van der Waals surface area contributed by atoms with E-state index in [1.54, 1.807) is 27.8 Å². The molecule has 1 aromatic carbocycles. The summed E-state index contributed by atoms with van der Waals surface area (Å²) in [5.74, 6) is 0. The lowest BCUT2D eigenvalue weighted by molar-refractivity contribution is 0.200. The summed E-state index contributed by atoms with van der Waals surface area (Å²) < 4.78 is 3.29. The third-order valence-corrected chi connectivity index (χ3v) is 5.73. The van der Waals surface area contributed by atoms with Crippen molar-refractivity contribution in [3.05, 3.63) is 70.4 Å². The van der Waals surface area contributed by atoms with Crippen LogP contribution in [-0.4, -0.2) is 74.9 Å². The molecule has 0 aliphatic carbocycles. The minimum atomic E-state index is -0.982. The van der Waals surface area contributed by atoms with Gasteiger partial charge in [-0.3, -0.25) is 14.4 Å². The van der Waals surface area contributed by atoms with Crippen LogP contribution in [-0.2, 0) is 13.5 Å². The molecular formula is C23H29N7O3. The van der Waals surface area contributed by atoms with Crippen LogP contribution in [0.1, 0.15) is 17.7 Å². The number of rotatable bonds is 8. The summed E-state index contributed by atoms with van der Waals surface area (Å²) in [5.41, 5.74) is 2.41. The molecule has 1 fully saturated rings. The summed E-state index contributed by atoms with van der Waals surface area (Å²) in [4.78, 5) is 28.1. The predicted octanol–water partition coefficient (Wildman–Crippen LogP) is 1.34. The lowest BCUT2D eigenvalue weighted by Gasteiger charge is -2.28. The van der Waals surface area contributed by atoms with Gasteiger partial charge in [-0.2, -0.15) is 10.2 Å². The van der Waals surface area contributed by atoms with Crippen LogP contribution in [0.2, 0.25) is 0 Å². The molecule has 1 aliphatic rings. The minimum Gasteiger partial charge on any atom is -0.465 e. The molecule has 2 aromatic heterocycles. The number of nitrogens with one attached hydrogen (secondary N) is 1. The van der Waals surface area contributed by atoms with Gasteiger partial charge in [-0.25, -0.2) is 9.48 Å². The molecule has 1 amide bonds. The molecule has 0 unspecified atom stereocenters. The highest BCUT2D eigenvalue weighted by Crippen LogP contribution is 2.19. The molecule has 3 aromatic rings. The molecule has 4 rings (SSSR count). The number of hydrogen-bond acceptors (Lipinski definition) is 6. The zero-order valence-corrected chi connectivity index (χ0v) is 18.7. The summed E-state index contributed by atoms with van der Waals surface area (Å²) in [5, 5.41) is 21.7. The van der Waals surface area contributed by atoms with Gasteiger partial charge in [-0.15, -0.1) is 0 Å². The predicted molar refractivity (Wildman–Crippen MR) is 125 cm³/mol. The van der Waals surface area contributed by atoms with Crippen molar-refractivity contribution >= 4 is 11.8 Å². The van der Waals surface area contributed by atoms with Gasteiger partial charge >= 0.3 is 6.09 Å². The van der Waals surface area contributed by atoms with Crippen LogP contribution in [0.25, 0.3) is 5.69 Å². The largest absolute Gasteiger partial charge is 0.465 e. The third-order valence-electron chi connectivity index (χ3n) is 5.73. The Morgan fingerprint density at radius 2 is 2.06 bits per heavy atom. The Hall–Kier alpha value is -3.50. The second-order valence-corrected chi connectivity index (χ2v) is 8.17. The molecule has 0 saturated carbocycles. The van der Waals surface area contributed by atoms with E-state index in [9.17, 15) is 14.7 Å². The molecule has 0 radical (unpaired) electrons. The van der Waals surface area contributed by atoms with E-state index < -0.39 is 6.09 Å².